The molecule has 0 radical (unpaired) electrons. The van der Waals surface area contributed by atoms with Crippen molar-refractivity contribution in [2.45, 2.75) is 44.5 Å². The van der Waals surface area contributed by atoms with E-state index in [9.17, 15) is 4.39 Å². The Morgan fingerprint density at radius 1 is 1.38 bits per heavy atom. The van der Waals surface area contributed by atoms with Crippen molar-refractivity contribution < 1.29 is 4.39 Å². The topological polar surface area (TPSA) is 17.8 Å². The third-order valence-electron chi connectivity index (χ3n) is 5.42. The van der Waals surface area contributed by atoms with Gasteiger partial charge < -0.3 is 4.57 Å². The lowest BCUT2D eigenvalue weighted by Gasteiger charge is -2.23. The number of benzene rings is 1. The highest BCUT2D eigenvalue weighted by Gasteiger charge is 2.39. The molecule has 4 rings (SSSR count). The zero-order chi connectivity index (χ0) is 14.6. The van der Waals surface area contributed by atoms with Gasteiger partial charge in [0, 0.05) is 6.54 Å². The molecule has 2 aliphatic rings. The summed E-state index contributed by atoms with van der Waals surface area (Å²) in [6, 6.07) is 5.20. The molecule has 0 amide bonds. The SMILES string of the molecule is CC(Cl)c1nc2c(F)cccc2n1CC1CC2CCC1C2. The van der Waals surface area contributed by atoms with Crippen LogP contribution in [0.4, 0.5) is 4.39 Å². The van der Waals surface area contributed by atoms with Crippen LogP contribution < -0.4 is 0 Å². The Kier molecular flexibility index (Phi) is 3.21. The monoisotopic (exact) mass is 306 g/mol. The van der Waals surface area contributed by atoms with Crippen molar-refractivity contribution in [3.63, 3.8) is 0 Å². The van der Waals surface area contributed by atoms with Gasteiger partial charge >= 0.3 is 0 Å². The summed E-state index contributed by atoms with van der Waals surface area (Å²) in [5, 5.41) is -0.199. The lowest BCUT2D eigenvalue weighted by molar-refractivity contribution is 0.295. The average Bonchev–Trinajstić information content (AvgIpc) is 3.14. The van der Waals surface area contributed by atoms with E-state index < -0.39 is 0 Å². The zero-order valence-corrected chi connectivity index (χ0v) is 13.0. The van der Waals surface area contributed by atoms with Crippen LogP contribution in [0.1, 0.15) is 43.8 Å². The van der Waals surface area contributed by atoms with Gasteiger partial charge in [-0.3, -0.25) is 0 Å². The molecule has 4 heteroatoms. The molecule has 4 atom stereocenters. The number of rotatable bonds is 3. The van der Waals surface area contributed by atoms with Crippen LogP contribution in [0.2, 0.25) is 0 Å². The average molecular weight is 307 g/mol. The number of fused-ring (bicyclic) bond motifs is 3. The molecule has 0 spiro atoms. The van der Waals surface area contributed by atoms with Crippen LogP contribution in [0.15, 0.2) is 18.2 Å². The van der Waals surface area contributed by atoms with Crippen LogP contribution in [-0.4, -0.2) is 9.55 Å². The highest BCUT2D eigenvalue weighted by atomic mass is 35.5. The van der Waals surface area contributed by atoms with Gasteiger partial charge in [-0.15, -0.1) is 11.6 Å². The number of imidazole rings is 1. The van der Waals surface area contributed by atoms with Crippen molar-refractivity contribution in [1.29, 1.82) is 0 Å². The summed E-state index contributed by atoms with van der Waals surface area (Å²) in [5.41, 5.74) is 1.35. The largest absolute Gasteiger partial charge is 0.326 e. The number of hydrogen-bond acceptors (Lipinski definition) is 1. The Bertz CT molecular complexity index is 679. The van der Waals surface area contributed by atoms with E-state index in [1.807, 2.05) is 13.0 Å². The van der Waals surface area contributed by atoms with Crippen LogP contribution in [-0.2, 0) is 6.54 Å². The summed E-state index contributed by atoms with van der Waals surface area (Å²) >= 11 is 6.29. The number of nitrogens with zero attached hydrogens (tertiary/aromatic N) is 2. The van der Waals surface area contributed by atoms with Gasteiger partial charge in [0.2, 0.25) is 0 Å². The molecule has 112 valence electrons. The molecule has 0 saturated heterocycles. The van der Waals surface area contributed by atoms with Crippen LogP contribution in [0.5, 0.6) is 0 Å². The van der Waals surface area contributed by atoms with Crippen LogP contribution in [0.25, 0.3) is 11.0 Å². The Morgan fingerprint density at radius 3 is 2.90 bits per heavy atom. The van der Waals surface area contributed by atoms with Crippen molar-refractivity contribution >= 4 is 22.6 Å². The molecule has 1 heterocycles. The highest BCUT2D eigenvalue weighted by molar-refractivity contribution is 6.20. The summed E-state index contributed by atoms with van der Waals surface area (Å²) in [6.45, 7) is 2.85. The molecule has 1 aromatic carbocycles. The van der Waals surface area contributed by atoms with E-state index in [0.717, 1.165) is 29.7 Å². The van der Waals surface area contributed by atoms with Crippen molar-refractivity contribution in [3.05, 3.63) is 29.8 Å². The van der Waals surface area contributed by atoms with Crippen LogP contribution in [0.3, 0.4) is 0 Å². The van der Waals surface area contributed by atoms with Gasteiger partial charge in [-0.05, 0) is 56.1 Å². The second kappa shape index (κ2) is 4.98. The first-order valence-electron chi connectivity index (χ1n) is 7.92. The first kappa shape index (κ1) is 13.6. The standard InChI is InChI=1S/C17H20ClFN2/c1-10(18)17-20-16-14(19)3-2-4-15(16)21(17)9-13-8-11-5-6-12(13)7-11/h2-4,10-13H,5-9H2,1H3. The Hall–Kier alpha value is -1.09. The van der Waals surface area contributed by atoms with E-state index in [4.69, 9.17) is 11.6 Å². The van der Waals surface area contributed by atoms with E-state index in [2.05, 4.69) is 9.55 Å². The fraction of sp³-hybridized carbons (Fsp3) is 0.588. The van der Waals surface area contributed by atoms with E-state index >= 15 is 0 Å². The van der Waals surface area contributed by atoms with Gasteiger partial charge in [0.1, 0.15) is 11.3 Å². The molecule has 0 N–H and O–H groups in total. The molecular formula is C17H20ClFN2. The predicted octanol–water partition coefficient (Wildman–Crippen LogP) is 4.91. The Labute approximate surface area is 129 Å². The third kappa shape index (κ3) is 2.17. The van der Waals surface area contributed by atoms with Crippen molar-refractivity contribution in [3.8, 4) is 0 Å². The molecule has 2 nitrogen and oxygen atoms in total. The fourth-order valence-corrected chi connectivity index (χ4v) is 4.63. The zero-order valence-electron chi connectivity index (χ0n) is 12.2. The number of para-hydroxylation sites is 1. The number of alkyl halides is 1. The van der Waals surface area contributed by atoms with Crippen molar-refractivity contribution in [2.24, 2.45) is 17.8 Å². The Morgan fingerprint density at radius 2 is 2.24 bits per heavy atom. The minimum absolute atomic E-state index is 0.199. The smallest absolute Gasteiger partial charge is 0.151 e. The molecule has 1 aromatic heterocycles. The summed E-state index contributed by atoms with van der Waals surface area (Å²) in [5.74, 6) is 3.03. The second-order valence-corrected chi connectivity index (χ2v) is 7.39. The third-order valence-corrected chi connectivity index (χ3v) is 5.61. The van der Waals surface area contributed by atoms with Gasteiger partial charge in [0.15, 0.2) is 5.82 Å². The van der Waals surface area contributed by atoms with Gasteiger partial charge in [-0.2, -0.15) is 0 Å². The summed E-state index contributed by atoms with van der Waals surface area (Å²) in [7, 11) is 0. The van der Waals surface area contributed by atoms with Crippen LogP contribution in [0, 0.1) is 23.6 Å². The summed E-state index contributed by atoms with van der Waals surface area (Å²) in [6.07, 6.45) is 5.47. The quantitative estimate of drug-likeness (QED) is 0.737. The molecule has 21 heavy (non-hydrogen) atoms. The van der Waals surface area contributed by atoms with E-state index in [-0.39, 0.29) is 11.2 Å². The fourth-order valence-electron chi connectivity index (χ4n) is 4.46. The van der Waals surface area contributed by atoms with E-state index in [1.165, 1.54) is 31.7 Å². The van der Waals surface area contributed by atoms with Gasteiger partial charge in [-0.1, -0.05) is 12.5 Å². The molecule has 2 saturated carbocycles. The molecular weight excluding hydrogens is 287 g/mol. The summed E-state index contributed by atoms with van der Waals surface area (Å²) < 4.78 is 16.2. The predicted molar refractivity (Wildman–Crippen MR) is 82.9 cm³/mol. The normalized spacial score (nSPS) is 29.4. The molecule has 2 aromatic rings. The first-order valence-corrected chi connectivity index (χ1v) is 8.36. The lowest BCUT2D eigenvalue weighted by Crippen LogP contribution is -2.19. The molecule has 0 aliphatic heterocycles. The maximum atomic E-state index is 14.0. The second-order valence-electron chi connectivity index (χ2n) is 6.74. The minimum Gasteiger partial charge on any atom is -0.326 e. The molecule has 2 bridgehead atoms. The first-order chi connectivity index (χ1) is 10.1. The molecule has 2 fully saturated rings. The Balaban J connectivity index is 1.75. The van der Waals surface area contributed by atoms with Crippen molar-refractivity contribution in [2.75, 3.05) is 0 Å². The maximum absolute atomic E-state index is 14.0. The van der Waals surface area contributed by atoms with Crippen LogP contribution >= 0.6 is 11.6 Å². The summed E-state index contributed by atoms with van der Waals surface area (Å²) in [4.78, 5) is 4.47. The number of aromatic nitrogens is 2. The minimum atomic E-state index is -0.252. The maximum Gasteiger partial charge on any atom is 0.151 e. The van der Waals surface area contributed by atoms with Gasteiger partial charge in [-0.25, -0.2) is 9.37 Å². The molecule has 2 aliphatic carbocycles. The van der Waals surface area contributed by atoms with E-state index in [0.29, 0.717) is 11.4 Å². The van der Waals surface area contributed by atoms with Gasteiger partial charge in [0.05, 0.1) is 10.9 Å². The van der Waals surface area contributed by atoms with Crippen molar-refractivity contribution in [1.82, 2.24) is 9.55 Å². The van der Waals surface area contributed by atoms with E-state index in [1.54, 1.807) is 6.07 Å². The molecule has 4 unspecified atom stereocenters. The van der Waals surface area contributed by atoms with Gasteiger partial charge in [0.25, 0.3) is 0 Å². The number of halogens is 2. The highest BCUT2D eigenvalue weighted by Crippen LogP contribution is 2.49. The number of hydrogen-bond donors (Lipinski definition) is 0. The lowest BCUT2D eigenvalue weighted by atomic mass is 9.88.